The van der Waals surface area contributed by atoms with Crippen molar-refractivity contribution in [1.29, 1.82) is 0 Å². The van der Waals surface area contributed by atoms with Gasteiger partial charge in [-0.25, -0.2) is 0 Å². The number of aliphatic hydroxyl groups is 7. The van der Waals surface area contributed by atoms with E-state index in [1.54, 1.807) is 0 Å². The predicted molar refractivity (Wildman–Crippen MR) is 215 cm³/mol. The molecule has 2 rings (SSSR count). The Hall–Kier alpha value is -1.50. The summed E-state index contributed by atoms with van der Waals surface area (Å²) in [5.41, 5.74) is 0. The van der Waals surface area contributed by atoms with Crippen LogP contribution in [0.25, 0.3) is 0 Å². The molecule has 0 aromatic carbocycles. The number of ether oxygens (including phenoxy) is 6. The first-order valence-corrected chi connectivity index (χ1v) is 22.6. The largest absolute Gasteiger partial charge is 0.462 e. The second-order valence-corrected chi connectivity index (χ2v) is 16.2. The molecule has 0 spiro atoms. The lowest BCUT2D eigenvalue weighted by molar-refractivity contribution is -0.332. The minimum absolute atomic E-state index is 0.172. The van der Waals surface area contributed by atoms with Gasteiger partial charge in [-0.2, -0.15) is 0 Å². The quantitative estimate of drug-likeness (QED) is 0.0350. The van der Waals surface area contributed by atoms with Gasteiger partial charge in [0.25, 0.3) is 0 Å². The van der Waals surface area contributed by atoms with Crippen molar-refractivity contribution in [3.8, 4) is 0 Å². The highest BCUT2D eigenvalue weighted by atomic mass is 16.7. The SMILES string of the molecule is CCCCCCCCCCCCCCCC(=O)O[C@H](COC(=O)CCCCCCCCCCC)CO[C@@H]1O[C@H](CO[C@H]2O[C@H](CO)[C@H](O)[C@H](O)[C@H]2O)[C@H](O)[C@H](O)[C@H]1O. The van der Waals surface area contributed by atoms with E-state index in [1.807, 2.05) is 0 Å². The second kappa shape index (κ2) is 32.2. The highest BCUT2D eigenvalue weighted by molar-refractivity contribution is 5.70. The van der Waals surface area contributed by atoms with Gasteiger partial charge in [0.05, 0.1) is 19.8 Å². The summed E-state index contributed by atoms with van der Waals surface area (Å²) in [6.45, 7) is 2.56. The summed E-state index contributed by atoms with van der Waals surface area (Å²) < 4.78 is 33.4. The normalized spacial score (nSPS) is 28.0. The highest BCUT2D eigenvalue weighted by Gasteiger charge is 2.47. The number of hydrogen-bond donors (Lipinski definition) is 7. The Morgan fingerprint density at radius 2 is 0.879 bits per heavy atom. The van der Waals surface area contributed by atoms with Crippen molar-refractivity contribution >= 4 is 11.9 Å². The third-order valence-corrected chi connectivity index (χ3v) is 11.1. The van der Waals surface area contributed by atoms with Crippen LogP contribution in [-0.2, 0) is 38.0 Å². The summed E-state index contributed by atoms with van der Waals surface area (Å²) in [6, 6.07) is 0. The highest BCUT2D eigenvalue weighted by Crippen LogP contribution is 2.26. The minimum atomic E-state index is -1.76. The van der Waals surface area contributed by atoms with Crippen LogP contribution in [0.1, 0.15) is 168 Å². The van der Waals surface area contributed by atoms with Crippen LogP contribution in [0.2, 0.25) is 0 Å². The van der Waals surface area contributed by atoms with E-state index in [0.717, 1.165) is 38.5 Å². The number of hydrogen-bond acceptors (Lipinski definition) is 15. The summed E-state index contributed by atoms with van der Waals surface area (Å²) in [4.78, 5) is 25.5. The van der Waals surface area contributed by atoms with Crippen LogP contribution >= 0.6 is 0 Å². The zero-order valence-corrected chi connectivity index (χ0v) is 35.5. The molecule has 342 valence electrons. The van der Waals surface area contributed by atoms with Gasteiger partial charge < -0.3 is 64.2 Å². The van der Waals surface area contributed by atoms with Crippen molar-refractivity contribution in [3.05, 3.63) is 0 Å². The molecule has 2 aliphatic rings. The summed E-state index contributed by atoms with van der Waals surface area (Å²) in [5, 5.41) is 71.7. The van der Waals surface area contributed by atoms with Crippen molar-refractivity contribution in [3.63, 3.8) is 0 Å². The van der Waals surface area contributed by atoms with E-state index < -0.39 is 92.7 Å². The van der Waals surface area contributed by atoms with E-state index in [0.29, 0.717) is 12.8 Å². The number of esters is 2. The van der Waals surface area contributed by atoms with E-state index in [2.05, 4.69) is 13.8 Å². The number of aliphatic hydroxyl groups excluding tert-OH is 7. The van der Waals surface area contributed by atoms with E-state index >= 15 is 0 Å². The Morgan fingerprint density at radius 3 is 1.34 bits per heavy atom. The molecule has 0 aliphatic carbocycles. The van der Waals surface area contributed by atoms with Crippen molar-refractivity contribution in [2.45, 2.75) is 235 Å². The van der Waals surface area contributed by atoms with Gasteiger partial charge in [-0.15, -0.1) is 0 Å². The maximum absolute atomic E-state index is 12.9. The van der Waals surface area contributed by atoms with Gasteiger partial charge in [0.1, 0.15) is 55.4 Å². The Morgan fingerprint density at radius 1 is 0.483 bits per heavy atom. The molecule has 15 heteroatoms. The predicted octanol–water partition coefficient (Wildman–Crippen LogP) is 4.48. The van der Waals surface area contributed by atoms with Gasteiger partial charge in [0.15, 0.2) is 18.7 Å². The van der Waals surface area contributed by atoms with Gasteiger partial charge in [-0.1, -0.05) is 142 Å². The number of carbonyl (C=O) groups excluding carboxylic acids is 2. The molecule has 58 heavy (non-hydrogen) atoms. The van der Waals surface area contributed by atoms with Gasteiger partial charge in [0, 0.05) is 12.8 Å². The Kier molecular flexibility index (Phi) is 29.3. The summed E-state index contributed by atoms with van der Waals surface area (Å²) in [6.07, 6.45) is 8.71. The van der Waals surface area contributed by atoms with E-state index in [4.69, 9.17) is 28.4 Å². The lowest BCUT2D eigenvalue weighted by atomic mass is 9.98. The molecule has 0 aromatic heterocycles. The van der Waals surface area contributed by atoms with Crippen LogP contribution < -0.4 is 0 Å². The zero-order valence-electron chi connectivity index (χ0n) is 35.5. The third-order valence-electron chi connectivity index (χ3n) is 11.1. The lowest BCUT2D eigenvalue weighted by Crippen LogP contribution is -2.61. The standard InChI is InChI=1S/C43H80O15/c1-3-5-7-9-11-13-14-15-16-18-20-22-24-26-35(46)56-31(28-53-34(45)25-23-21-19-17-12-10-8-6-4-2)29-54-42-41(52)39(50)37(48)33(58-42)30-55-43-40(51)38(49)36(47)32(27-44)57-43/h31-33,36-44,47-52H,3-30H2,1-2H3/t31-,32-,33-,36+,37+,38+,39+,40-,41-,42-,43+/m1/s1. The number of unbranched alkanes of at least 4 members (excludes halogenated alkanes) is 20. The molecule has 2 fully saturated rings. The zero-order chi connectivity index (χ0) is 42.5. The number of rotatable bonds is 34. The summed E-state index contributed by atoms with van der Waals surface area (Å²) in [7, 11) is 0. The van der Waals surface area contributed by atoms with Gasteiger partial charge >= 0.3 is 11.9 Å². The average Bonchev–Trinajstić information content (AvgIpc) is 3.21. The van der Waals surface area contributed by atoms with Crippen LogP contribution in [0.15, 0.2) is 0 Å². The van der Waals surface area contributed by atoms with Crippen molar-refractivity contribution in [2.75, 3.05) is 26.4 Å². The molecule has 0 unspecified atom stereocenters. The van der Waals surface area contributed by atoms with Gasteiger partial charge in [0.2, 0.25) is 0 Å². The van der Waals surface area contributed by atoms with Gasteiger partial charge in [-0.3, -0.25) is 9.59 Å². The van der Waals surface area contributed by atoms with Crippen molar-refractivity contribution in [1.82, 2.24) is 0 Å². The second-order valence-electron chi connectivity index (χ2n) is 16.2. The molecule has 0 amide bonds. The van der Waals surface area contributed by atoms with Crippen LogP contribution in [-0.4, -0.2) is 142 Å². The van der Waals surface area contributed by atoms with E-state index in [1.165, 1.54) is 89.9 Å². The van der Waals surface area contributed by atoms with Crippen LogP contribution in [0.4, 0.5) is 0 Å². The summed E-state index contributed by atoms with van der Waals surface area (Å²) in [5.74, 6) is -0.920. The maximum atomic E-state index is 12.9. The molecule has 2 saturated heterocycles. The Balaban J connectivity index is 1.86. The molecular formula is C43H80O15. The van der Waals surface area contributed by atoms with Crippen molar-refractivity contribution in [2.24, 2.45) is 0 Å². The molecule has 0 bridgehead atoms. The number of carbonyl (C=O) groups is 2. The maximum Gasteiger partial charge on any atom is 0.306 e. The first kappa shape index (κ1) is 52.6. The first-order chi connectivity index (χ1) is 28.0. The fourth-order valence-corrected chi connectivity index (χ4v) is 7.28. The Bertz CT molecular complexity index is 1030. The molecule has 11 atom stereocenters. The molecule has 2 heterocycles. The fourth-order valence-electron chi connectivity index (χ4n) is 7.28. The Labute approximate surface area is 347 Å². The molecular weight excluding hydrogens is 756 g/mol. The average molecular weight is 837 g/mol. The summed E-state index contributed by atoms with van der Waals surface area (Å²) >= 11 is 0. The lowest BCUT2D eigenvalue weighted by Gasteiger charge is -2.42. The smallest absolute Gasteiger partial charge is 0.306 e. The van der Waals surface area contributed by atoms with E-state index in [9.17, 15) is 45.3 Å². The molecule has 0 radical (unpaired) electrons. The topological polar surface area (TPSA) is 231 Å². The van der Waals surface area contributed by atoms with Gasteiger partial charge in [-0.05, 0) is 12.8 Å². The van der Waals surface area contributed by atoms with Crippen LogP contribution in [0.3, 0.4) is 0 Å². The molecule has 15 nitrogen and oxygen atoms in total. The minimum Gasteiger partial charge on any atom is -0.462 e. The van der Waals surface area contributed by atoms with Crippen LogP contribution in [0.5, 0.6) is 0 Å². The molecule has 2 aliphatic heterocycles. The first-order valence-electron chi connectivity index (χ1n) is 22.6. The molecule has 7 N–H and O–H groups in total. The van der Waals surface area contributed by atoms with E-state index in [-0.39, 0.29) is 26.1 Å². The third kappa shape index (κ3) is 21.3. The van der Waals surface area contributed by atoms with Crippen molar-refractivity contribution < 1.29 is 73.8 Å². The van der Waals surface area contributed by atoms with Crippen LogP contribution in [0, 0.1) is 0 Å². The molecule has 0 aromatic rings. The fraction of sp³-hybridized carbons (Fsp3) is 0.953. The monoisotopic (exact) mass is 837 g/mol. The molecule has 0 saturated carbocycles.